The molecule has 0 aromatic heterocycles. The second-order valence-corrected chi connectivity index (χ2v) is 5.95. The number of thiocarbonyl (C=S) groups is 1. The van der Waals surface area contributed by atoms with Crippen molar-refractivity contribution < 1.29 is 24.5 Å². The molecule has 116 valence electrons. The van der Waals surface area contributed by atoms with Gasteiger partial charge in [0.25, 0.3) is 5.91 Å². The van der Waals surface area contributed by atoms with Gasteiger partial charge in [-0.25, -0.2) is 4.79 Å². The molecule has 0 unspecified atom stereocenters. The monoisotopic (exact) mass is 339 g/mol. The van der Waals surface area contributed by atoms with Crippen LogP contribution in [0.1, 0.15) is 5.56 Å². The number of aliphatic hydroxyl groups is 1. The van der Waals surface area contributed by atoms with Gasteiger partial charge in [0, 0.05) is 5.56 Å². The van der Waals surface area contributed by atoms with E-state index in [0.29, 0.717) is 20.5 Å². The van der Waals surface area contributed by atoms with E-state index >= 15 is 0 Å². The molecule has 2 N–H and O–H groups in total. The fourth-order valence-electron chi connectivity index (χ4n) is 1.80. The Balaban J connectivity index is 2.24. The third kappa shape index (κ3) is 3.85. The first-order chi connectivity index (χ1) is 10.5. The van der Waals surface area contributed by atoms with Crippen LogP contribution in [0.2, 0.25) is 0 Å². The number of aliphatic carboxylic acids is 1. The second-order valence-electron chi connectivity index (χ2n) is 4.28. The molecule has 0 radical (unpaired) electrons. The number of hydrogen-bond donors (Lipinski definition) is 2. The third-order valence-electron chi connectivity index (χ3n) is 2.75. The molecule has 1 aromatic rings. The maximum absolute atomic E-state index is 12.2. The summed E-state index contributed by atoms with van der Waals surface area (Å²) in [6.45, 7) is -0.479. The summed E-state index contributed by atoms with van der Waals surface area (Å²) in [6.07, 6.45) is 1.61. The number of ether oxygens (including phenoxy) is 1. The highest BCUT2D eigenvalue weighted by Gasteiger charge is 2.31. The standard InChI is InChI=1S/C14H13NO5S2/c16-6-5-15-13(19)11(22-14(15)21)7-9-3-1-2-4-10(9)20-8-12(17)18/h1-4,7,16H,5-6,8H2,(H,17,18)/b11-7-. The zero-order valence-corrected chi connectivity index (χ0v) is 13.0. The lowest BCUT2D eigenvalue weighted by atomic mass is 10.2. The Morgan fingerprint density at radius 3 is 2.82 bits per heavy atom. The summed E-state index contributed by atoms with van der Waals surface area (Å²) in [4.78, 5) is 24.5. The summed E-state index contributed by atoms with van der Waals surface area (Å²) >= 11 is 6.24. The van der Waals surface area contributed by atoms with Crippen LogP contribution in [0.5, 0.6) is 5.75 Å². The topological polar surface area (TPSA) is 87.1 Å². The van der Waals surface area contributed by atoms with Gasteiger partial charge in [-0.3, -0.25) is 9.69 Å². The average molecular weight is 339 g/mol. The Labute approximate surface area is 136 Å². The van der Waals surface area contributed by atoms with E-state index in [1.165, 1.54) is 4.90 Å². The summed E-state index contributed by atoms with van der Waals surface area (Å²) in [5, 5.41) is 17.6. The molecule has 2 rings (SSSR count). The molecule has 1 aromatic carbocycles. The van der Waals surface area contributed by atoms with Crippen molar-refractivity contribution >= 4 is 46.3 Å². The van der Waals surface area contributed by atoms with Crippen LogP contribution < -0.4 is 4.74 Å². The van der Waals surface area contributed by atoms with Gasteiger partial charge in [-0.05, 0) is 12.1 Å². The molecule has 0 atom stereocenters. The Bertz CT molecular complexity index is 644. The van der Waals surface area contributed by atoms with E-state index < -0.39 is 12.6 Å². The molecule has 6 nitrogen and oxygen atoms in total. The molecule has 0 spiro atoms. The Hall–Kier alpha value is -1.90. The summed E-state index contributed by atoms with van der Waals surface area (Å²) < 4.78 is 5.58. The Kier molecular flexibility index (Phi) is 5.53. The molecular formula is C14H13NO5S2. The maximum Gasteiger partial charge on any atom is 0.341 e. The molecule has 1 fully saturated rings. The molecular weight excluding hydrogens is 326 g/mol. The van der Waals surface area contributed by atoms with Gasteiger partial charge in [-0.1, -0.05) is 42.2 Å². The normalized spacial score (nSPS) is 16.4. The molecule has 1 amide bonds. The number of hydrogen-bond acceptors (Lipinski definition) is 6. The lowest BCUT2D eigenvalue weighted by Gasteiger charge is -2.11. The maximum atomic E-state index is 12.2. The summed E-state index contributed by atoms with van der Waals surface area (Å²) in [6, 6.07) is 6.82. The van der Waals surface area contributed by atoms with E-state index in [-0.39, 0.29) is 19.1 Å². The Morgan fingerprint density at radius 1 is 1.41 bits per heavy atom. The number of para-hydroxylation sites is 1. The van der Waals surface area contributed by atoms with Gasteiger partial charge in [0.15, 0.2) is 6.61 Å². The van der Waals surface area contributed by atoms with Gasteiger partial charge >= 0.3 is 5.97 Å². The van der Waals surface area contributed by atoms with Crippen LogP contribution in [0.3, 0.4) is 0 Å². The number of rotatable bonds is 6. The number of benzene rings is 1. The molecule has 1 aliphatic heterocycles. The first kappa shape index (κ1) is 16.5. The SMILES string of the molecule is O=C(O)COc1ccccc1/C=C1\SC(=S)N(CCO)C1=O. The first-order valence-corrected chi connectivity index (χ1v) is 7.55. The molecule has 0 aliphatic carbocycles. The summed E-state index contributed by atoms with van der Waals surface area (Å²) in [5.41, 5.74) is 0.591. The number of carbonyl (C=O) groups excluding carboxylic acids is 1. The van der Waals surface area contributed by atoms with Gasteiger partial charge in [0.1, 0.15) is 10.1 Å². The van der Waals surface area contributed by atoms with Crippen LogP contribution in [0, 0.1) is 0 Å². The van der Waals surface area contributed by atoms with Crippen molar-refractivity contribution in [2.24, 2.45) is 0 Å². The quantitative estimate of drug-likeness (QED) is 0.597. The van der Waals surface area contributed by atoms with Gasteiger partial charge in [0.2, 0.25) is 0 Å². The van der Waals surface area contributed by atoms with Gasteiger partial charge in [0.05, 0.1) is 18.1 Å². The van der Waals surface area contributed by atoms with E-state index in [1.807, 2.05) is 0 Å². The fraction of sp³-hybridized carbons (Fsp3) is 0.214. The minimum atomic E-state index is -1.08. The highest BCUT2D eigenvalue weighted by Crippen LogP contribution is 2.33. The summed E-state index contributed by atoms with van der Waals surface area (Å²) in [5.74, 6) is -0.988. The van der Waals surface area contributed by atoms with Crippen LogP contribution in [0.15, 0.2) is 29.2 Å². The van der Waals surface area contributed by atoms with E-state index in [1.54, 1.807) is 30.3 Å². The molecule has 0 bridgehead atoms. The predicted molar refractivity (Wildman–Crippen MR) is 86.5 cm³/mol. The fourth-order valence-corrected chi connectivity index (χ4v) is 3.10. The smallest absolute Gasteiger partial charge is 0.341 e. The van der Waals surface area contributed by atoms with Crippen molar-refractivity contribution in [3.63, 3.8) is 0 Å². The molecule has 8 heteroatoms. The second kappa shape index (κ2) is 7.39. The van der Waals surface area contributed by atoms with E-state index in [9.17, 15) is 9.59 Å². The lowest BCUT2D eigenvalue weighted by molar-refractivity contribution is -0.139. The van der Waals surface area contributed by atoms with Crippen LogP contribution in [0.25, 0.3) is 6.08 Å². The zero-order chi connectivity index (χ0) is 16.1. The first-order valence-electron chi connectivity index (χ1n) is 6.32. The van der Waals surface area contributed by atoms with E-state index in [2.05, 4.69) is 0 Å². The minimum absolute atomic E-state index is 0.152. The predicted octanol–water partition coefficient (Wildman–Crippen LogP) is 1.34. The van der Waals surface area contributed by atoms with Crippen molar-refractivity contribution in [2.75, 3.05) is 19.8 Å². The van der Waals surface area contributed by atoms with E-state index in [4.69, 9.17) is 27.2 Å². The molecule has 1 heterocycles. The summed E-state index contributed by atoms with van der Waals surface area (Å²) in [7, 11) is 0. The number of carboxylic acid groups (broad SMARTS) is 1. The number of aliphatic hydroxyl groups excluding tert-OH is 1. The van der Waals surface area contributed by atoms with Gasteiger partial charge < -0.3 is 14.9 Å². The van der Waals surface area contributed by atoms with Crippen molar-refractivity contribution in [1.29, 1.82) is 0 Å². The van der Waals surface area contributed by atoms with Crippen LogP contribution >= 0.6 is 24.0 Å². The number of nitrogens with zero attached hydrogens (tertiary/aromatic N) is 1. The number of amides is 1. The van der Waals surface area contributed by atoms with E-state index in [0.717, 1.165) is 11.8 Å². The number of carboxylic acids is 1. The van der Waals surface area contributed by atoms with Gasteiger partial charge in [-0.15, -0.1) is 0 Å². The lowest BCUT2D eigenvalue weighted by Crippen LogP contribution is -2.30. The van der Waals surface area contributed by atoms with Crippen molar-refractivity contribution in [1.82, 2.24) is 4.90 Å². The van der Waals surface area contributed by atoms with Crippen LogP contribution in [-0.2, 0) is 9.59 Å². The number of thioether (sulfide) groups is 1. The molecule has 22 heavy (non-hydrogen) atoms. The average Bonchev–Trinajstić information content (AvgIpc) is 2.74. The Morgan fingerprint density at radius 2 is 2.14 bits per heavy atom. The van der Waals surface area contributed by atoms with Crippen LogP contribution in [0.4, 0.5) is 0 Å². The number of carbonyl (C=O) groups is 2. The molecule has 1 aliphatic rings. The van der Waals surface area contributed by atoms with Gasteiger partial charge in [-0.2, -0.15) is 0 Å². The molecule has 0 saturated carbocycles. The largest absolute Gasteiger partial charge is 0.481 e. The van der Waals surface area contributed by atoms with Crippen molar-refractivity contribution in [3.05, 3.63) is 34.7 Å². The van der Waals surface area contributed by atoms with Crippen molar-refractivity contribution in [2.45, 2.75) is 0 Å². The highest BCUT2D eigenvalue weighted by atomic mass is 32.2. The highest BCUT2D eigenvalue weighted by molar-refractivity contribution is 8.26. The number of β-amino-alcohol motifs (C(OH)–C–C–N with tert-alkyl or cyclic N) is 1. The third-order valence-corrected chi connectivity index (χ3v) is 4.13. The minimum Gasteiger partial charge on any atom is -0.481 e. The van der Waals surface area contributed by atoms with Crippen LogP contribution in [-0.4, -0.2) is 51.1 Å². The van der Waals surface area contributed by atoms with Crippen molar-refractivity contribution in [3.8, 4) is 5.75 Å². The molecule has 1 saturated heterocycles. The zero-order valence-electron chi connectivity index (χ0n) is 11.4.